The zero-order chi connectivity index (χ0) is 12.5. The number of hydrogen-bond donors (Lipinski definition) is 1. The average Bonchev–Trinajstić information content (AvgIpc) is 2.10. The Morgan fingerprint density at radius 3 is 2.31 bits per heavy atom. The number of rotatable bonds is 3. The Kier molecular flexibility index (Phi) is 3.18. The molecule has 16 heavy (non-hydrogen) atoms. The molecular weight excluding hydrogens is 232 g/mol. The van der Waals surface area contributed by atoms with Crippen LogP contribution in [0.4, 0.5) is 11.4 Å². The van der Waals surface area contributed by atoms with Crippen molar-refractivity contribution in [3.8, 4) is 0 Å². The molecule has 88 valence electrons. The summed E-state index contributed by atoms with van der Waals surface area (Å²) < 4.78 is 24.5. The van der Waals surface area contributed by atoms with E-state index in [0.29, 0.717) is 11.1 Å². The van der Waals surface area contributed by atoms with Gasteiger partial charge in [-0.3, -0.25) is 14.8 Å². The van der Waals surface area contributed by atoms with E-state index in [4.69, 9.17) is 0 Å². The van der Waals surface area contributed by atoms with Gasteiger partial charge in [-0.2, -0.15) is 0 Å². The average molecular weight is 244 g/mol. The van der Waals surface area contributed by atoms with Crippen LogP contribution in [0.5, 0.6) is 0 Å². The lowest BCUT2D eigenvalue weighted by molar-refractivity contribution is -0.385. The van der Waals surface area contributed by atoms with Gasteiger partial charge in [-0.15, -0.1) is 0 Å². The zero-order valence-electron chi connectivity index (χ0n) is 9.14. The highest BCUT2D eigenvalue weighted by molar-refractivity contribution is 7.92. The number of hydrogen-bond acceptors (Lipinski definition) is 4. The van der Waals surface area contributed by atoms with Crippen LogP contribution < -0.4 is 4.72 Å². The molecule has 0 unspecified atom stereocenters. The highest BCUT2D eigenvalue weighted by Gasteiger charge is 2.17. The number of anilines is 1. The number of aryl methyl sites for hydroxylation is 1. The first kappa shape index (κ1) is 12.4. The number of nitro groups is 1. The van der Waals surface area contributed by atoms with Crippen molar-refractivity contribution in [2.75, 3.05) is 11.0 Å². The number of benzene rings is 1. The fraction of sp³-hybridized carbons (Fsp3) is 0.333. The van der Waals surface area contributed by atoms with Gasteiger partial charge < -0.3 is 0 Å². The molecule has 0 fully saturated rings. The second-order valence-corrected chi connectivity index (χ2v) is 5.28. The third-order valence-electron chi connectivity index (χ3n) is 2.13. The van der Waals surface area contributed by atoms with Crippen LogP contribution in [-0.4, -0.2) is 19.6 Å². The van der Waals surface area contributed by atoms with E-state index in [1.165, 1.54) is 19.1 Å². The maximum atomic E-state index is 11.1. The van der Waals surface area contributed by atoms with E-state index in [1.807, 2.05) is 0 Å². The maximum absolute atomic E-state index is 11.1. The van der Waals surface area contributed by atoms with Crippen LogP contribution in [-0.2, 0) is 10.0 Å². The molecule has 1 aromatic rings. The molecule has 6 nitrogen and oxygen atoms in total. The first-order chi connectivity index (χ1) is 7.22. The van der Waals surface area contributed by atoms with E-state index >= 15 is 0 Å². The van der Waals surface area contributed by atoms with E-state index in [1.54, 1.807) is 6.92 Å². The molecule has 0 saturated heterocycles. The van der Waals surface area contributed by atoms with E-state index in [-0.39, 0.29) is 11.4 Å². The lowest BCUT2D eigenvalue weighted by atomic mass is 10.1. The summed E-state index contributed by atoms with van der Waals surface area (Å²) in [6, 6.07) is 2.87. The van der Waals surface area contributed by atoms with E-state index < -0.39 is 14.9 Å². The molecule has 0 saturated carbocycles. The molecule has 1 rings (SSSR count). The van der Waals surface area contributed by atoms with Crippen molar-refractivity contribution in [3.63, 3.8) is 0 Å². The van der Waals surface area contributed by atoms with Crippen LogP contribution in [0, 0.1) is 24.0 Å². The molecule has 1 aromatic carbocycles. The van der Waals surface area contributed by atoms with Crippen LogP contribution in [0.2, 0.25) is 0 Å². The zero-order valence-corrected chi connectivity index (χ0v) is 9.96. The van der Waals surface area contributed by atoms with Gasteiger partial charge in [-0.05, 0) is 19.4 Å². The quantitative estimate of drug-likeness (QED) is 0.645. The Labute approximate surface area is 93.5 Å². The van der Waals surface area contributed by atoms with Crippen LogP contribution >= 0.6 is 0 Å². The number of sulfonamides is 1. The molecule has 0 radical (unpaired) electrons. The van der Waals surface area contributed by atoms with E-state index in [2.05, 4.69) is 4.72 Å². The normalized spacial score (nSPS) is 11.2. The summed E-state index contributed by atoms with van der Waals surface area (Å²) >= 11 is 0. The molecule has 0 amide bonds. The summed E-state index contributed by atoms with van der Waals surface area (Å²) in [5.41, 5.74) is 1.14. The lowest BCUT2D eigenvalue weighted by Crippen LogP contribution is -2.12. The summed E-state index contributed by atoms with van der Waals surface area (Å²) in [4.78, 5) is 10.1. The smallest absolute Gasteiger partial charge is 0.274 e. The Morgan fingerprint density at radius 1 is 1.31 bits per heavy atom. The Hall–Kier alpha value is -1.63. The Bertz CT molecular complexity index is 537. The molecule has 0 aromatic heterocycles. The van der Waals surface area contributed by atoms with Gasteiger partial charge >= 0.3 is 0 Å². The first-order valence-corrected chi connectivity index (χ1v) is 6.34. The maximum Gasteiger partial charge on any atom is 0.274 e. The largest absolute Gasteiger partial charge is 0.283 e. The molecule has 0 heterocycles. The van der Waals surface area contributed by atoms with Crippen molar-refractivity contribution in [2.45, 2.75) is 13.8 Å². The van der Waals surface area contributed by atoms with Crippen LogP contribution in [0.15, 0.2) is 12.1 Å². The summed E-state index contributed by atoms with van der Waals surface area (Å²) in [6.45, 7) is 3.20. The van der Waals surface area contributed by atoms with Crippen molar-refractivity contribution in [3.05, 3.63) is 33.4 Å². The van der Waals surface area contributed by atoms with Gasteiger partial charge in [-0.1, -0.05) is 6.07 Å². The summed E-state index contributed by atoms with van der Waals surface area (Å²) in [7, 11) is -3.44. The number of nitrogens with zero attached hydrogens (tertiary/aromatic N) is 1. The van der Waals surface area contributed by atoms with E-state index in [9.17, 15) is 18.5 Å². The standard InChI is InChI=1S/C9H12N2O4S/c1-6-4-5-8(11(12)13)7(2)9(6)10-16(3,14)15/h4-5,10H,1-3H3. The van der Waals surface area contributed by atoms with Crippen LogP contribution in [0.3, 0.4) is 0 Å². The van der Waals surface area contributed by atoms with Gasteiger partial charge in [-0.25, -0.2) is 8.42 Å². The van der Waals surface area contributed by atoms with Crippen molar-refractivity contribution in [1.82, 2.24) is 0 Å². The van der Waals surface area contributed by atoms with Gasteiger partial charge in [0.05, 0.1) is 22.4 Å². The van der Waals surface area contributed by atoms with Crippen molar-refractivity contribution < 1.29 is 13.3 Å². The lowest BCUT2D eigenvalue weighted by Gasteiger charge is -2.10. The second kappa shape index (κ2) is 4.09. The van der Waals surface area contributed by atoms with Crippen molar-refractivity contribution >= 4 is 21.4 Å². The molecule has 0 spiro atoms. The molecule has 1 N–H and O–H groups in total. The monoisotopic (exact) mass is 244 g/mol. The minimum atomic E-state index is -3.44. The highest BCUT2D eigenvalue weighted by atomic mass is 32.2. The molecular formula is C9H12N2O4S. The number of nitrogens with one attached hydrogen (secondary N) is 1. The first-order valence-electron chi connectivity index (χ1n) is 4.45. The fourth-order valence-electron chi connectivity index (χ4n) is 1.38. The van der Waals surface area contributed by atoms with Gasteiger partial charge in [0.2, 0.25) is 10.0 Å². The van der Waals surface area contributed by atoms with E-state index in [0.717, 1.165) is 6.26 Å². The van der Waals surface area contributed by atoms with Gasteiger partial charge in [0.15, 0.2) is 0 Å². The van der Waals surface area contributed by atoms with Gasteiger partial charge in [0.1, 0.15) is 0 Å². The SMILES string of the molecule is Cc1ccc([N+](=O)[O-])c(C)c1NS(C)(=O)=O. The Morgan fingerprint density at radius 2 is 1.88 bits per heavy atom. The summed E-state index contributed by atoms with van der Waals surface area (Å²) in [5, 5.41) is 10.7. The summed E-state index contributed by atoms with van der Waals surface area (Å²) in [6.07, 6.45) is 1.00. The minimum Gasteiger partial charge on any atom is -0.283 e. The molecule has 0 atom stereocenters. The third kappa shape index (κ3) is 2.69. The van der Waals surface area contributed by atoms with Crippen molar-refractivity contribution in [2.24, 2.45) is 0 Å². The van der Waals surface area contributed by atoms with Crippen LogP contribution in [0.25, 0.3) is 0 Å². The second-order valence-electron chi connectivity index (χ2n) is 3.53. The van der Waals surface area contributed by atoms with Crippen LogP contribution in [0.1, 0.15) is 11.1 Å². The molecule has 7 heteroatoms. The number of nitro benzene ring substituents is 1. The molecule has 0 aliphatic heterocycles. The highest BCUT2D eigenvalue weighted by Crippen LogP contribution is 2.29. The topological polar surface area (TPSA) is 89.3 Å². The molecule has 0 aliphatic rings. The molecule has 0 bridgehead atoms. The minimum absolute atomic E-state index is 0.100. The Balaban J connectivity index is 3.38. The fourth-order valence-corrected chi connectivity index (χ4v) is 2.06. The van der Waals surface area contributed by atoms with Gasteiger partial charge in [0, 0.05) is 6.07 Å². The van der Waals surface area contributed by atoms with Gasteiger partial charge in [0.25, 0.3) is 5.69 Å². The third-order valence-corrected chi connectivity index (χ3v) is 2.70. The predicted molar refractivity (Wildman–Crippen MR) is 61.0 cm³/mol. The molecule has 0 aliphatic carbocycles. The predicted octanol–water partition coefficient (Wildman–Crippen LogP) is 1.58. The van der Waals surface area contributed by atoms with Crippen molar-refractivity contribution in [1.29, 1.82) is 0 Å². The summed E-state index contributed by atoms with van der Waals surface area (Å²) in [5.74, 6) is 0.